The van der Waals surface area contributed by atoms with E-state index >= 15 is 0 Å². The second-order valence-electron chi connectivity index (χ2n) is 5.15. The van der Waals surface area contributed by atoms with E-state index < -0.39 is 0 Å². The minimum Gasteiger partial charge on any atom is -0.438 e. The zero-order valence-corrected chi connectivity index (χ0v) is 11.2. The molecule has 3 heterocycles. The Morgan fingerprint density at radius 3 is 2.86 bits per heavy atom. The number of benzene rings is 2. The monoisotopic (exact) mass is 273 g/mol. The lowest BCUT2D eigenvalue weighted by Crippen LogP contribution is -2.22. The van der Waals surface area contributed by atoms with Crippen molar-refractivity contribution in [2.75, 3.05) is 0 Å². The highest BCUT2D eigenvalue weighted by atomic mass is 16.5. The third kappa shape index (κ3) is 1.44. The highest BCUT2D eigenvalue weighted by Crippen LogP contribution is 2.34. The molecular weight excluding hydrogens is 262 g/mol. The maximum absolute atomic E-state index is 5.92. The molecule has 1 aromatic heterocycles. The zero-order valence-electron chi connectivity index (χ0n) is 11.2. The van der Waals surface area contributed by atoms with Crippen molar-refractivity contribution in [2.24, 2.45) is 4.99 Å². The average molecular weight is 273 g/mol. The maximum atomic E-state index is 5.92. The van der Waals surface area contributed by atoms with Gasteiger partial charge in [-0.1, -0.05) is 30.3 Å². The van der Waals surface area contributed by atoms with E-state index in [1.807, 2.05) is 42.5 Å². The lowest BCUT2D eigenvalue weighted by atomic mass is 10.1. The molecule has 4 heteroatoms. The van der Waals surface area contributed by atoms with Crippen LogP contribution in [0.4, 0.5) is 0 Å². The summed E-state index contributed by atoms with van der Waals surface area (Å²) in [4.78, 5) is 9.31. The first kappa shape index (κ1) is 10.9. The molecule has 0 unspecified atom stereocenters. The Morgan fingerprint density at radius 1 is 1.00 bits per heavy atom. The van der Waals surface area contributed by atoms with Gasteiger partial charge in [-0.15, -0.1) is 0 Å². The second-order valence-corrected chi connectivity index (χ2v) is 5.15. The normalized spacial score (nSPS) is 15.4. The number of fused-ring (bicyclic) bond motifs is 6. The van der Waals surface area contributed by atoms with Crippen molar-refractivity contribution < 1.29 is 4.74 Å². The molecule has 100 valence electrons. The topological polar surface area (TPSA) is 39.4 Å². The molecule has 0 atom stereocenters. The van der Waals surface area contributed by atoms with Gasteiger partial charge < -0.3 is 9.30 Å². The molecular formula is C17H11N3O. The summed E-state index contributed by atoms with van der Waals surface area (Å²) < 4.78 is 8.04. The van der Waals surface area contributed by atoms with E-state index in [0.717, 1.165) is 33.7 Å². The van der Waals surface area contributed by atoms with E-state index in [4.69, 9.17) is 9.72 Å². The molecule has 4 nitrogen and oxygen atoms in total. The molecule has 2 aliphatic heterocycles. The van der Waals surface area contributed by atoms with E-state index in [1.54, 1.807) is 0 Å². The van der Waals surface area contributed by atoms with Crippen molar-refractivity contribution in [2.45, 2.75) is 6.67 Å². The van der Waals surface area contributed by atoms with Gasteiger partial charge in [0.15, 0.2) is 0 Å². The molecule has 0 aliphatic carbocycles. The number of para-hydroxylation sites is 3. The van der Waals surface area contributed by atoms with Gasteiger partial charge >= 0.3 is 0 Å². The summed E-state index contributed by atoms with van der Waals surface area (Å²) in [5.74, 6) is 2.44. The Hall–Kier alpha value is -2.88. The fourth-order valence-corrected chi connectivity index (χ4v) is 2.91. The van der Waals surface area contributed by atoms with Crippen molar-refractivity contribution in [3.63, 3.8) is 0 Å². The van der Waals surface area contributed by atoms with Crippen molar-refractivity contribution in [1.29, 1.82) is 0 Å². The van der Waals surface area contributed by atoms with Crippen LogP contribution in [0, 0.1) is 0 Å². The van der Waals surface area contributed by atoms with E-state index in [2.05, 4.69) is 21.7 Å². The van der Waals surface area contributed by atoms with Crippen molar-refractivity contribution >= 4 is 28.6 Å². The molecule has 3 aromatic rings. The Labute approximate surface area is 121 Å². The smallest absolute Gasteiger partial charge is 0.227 e. The number of hydrogen-bond donors (Lipinski definition) is 0. The number of ether oxygens (including phenoxy) is 1. The van der Waals surface area contributed by atoms with E-state index in [9.17, 15) is 0 Å². The second kappa shape index (κ2) is 3.82. The van der Waals surface area contributed by atoms with Crippen LogP contribution in [-0.2, 0) is 6.67 Å². The first-order chi connectivity index (χ1) is 10.4. The van der Waals surface area contributed by atoms with Gasteiger partial charge in [0.2, 0.25) is 5.90 Å². The van der Waals surface area contributed by atoms with Crippen LogP contribution in [-0.4, -0.2) is 15.4 Å². The van der Waals surface area contributed by atoms with Crippen LogP contribution in [0.3, 0.4) is 0 Å². The summed E-state index contributed by atoms with van der Waals surface area (Å²) in [5, 5.41) is 0. The maximum Gasteiger partial charge on any atom is 0.227 e. The molecule has 5 rings (SSSR count). The zero-order chi connectivity index (χ0) is 13.8. The first-order valence-corrected chi connectivity index (χ1v) is 6.89. The van der Waals surface area contributed by atoms with Gasteiger partial charge in [0.1, 0.15) is 18.2 Å². The highest BCUT2D eigenvalue weighted by Gasteiger charge is 2.27. The molecule has 0 radical (unpaired) electrons. The van der Waals surface area contributed by atoms with Crippen LogP contribution >= 0.6 is 0 Å². The lowest BCUT2D eigenvalue weighted by Gasteiger charge is -2.23. The predicted molar refractivity (Wildman–Crippen MR) is 82.1 cm³/mol. The SMILES string of the molecule is C1=C2C(=NCn3c2nc2ccccc23)Oc2ccccc21. The molecule has 0 bridgehead atoms. The molecule has 0 N–H and O–H groups in total. The van der Waals surface area contributed by atoms with Gasteiger partial charge in [-0.2, -0.15) is 0 Å². The Bertz CT molecular complexity index is 950. The Morgan fingerprint density at radius 2 is 1.86 bits per heavy atom. The molecule has 0 fully saturated rings. The van der Waals surface area contributed by atoms with Crippen molar-refractivity contribution in [3.05, 3.63) is 59.9 Å². The number of aromatic nitrogens is 2. The summed E-state index contributed by atoms with van der Waals surface area (Å²) in [7, 11) is 0. The van der Waals surface area contributed by atoms with Gasteiger partial charge in [0.25, 0.3) is 0 Å². The van der Waals surface area contributed by atoms with Crippen LogP contribution in [0.25, 0.3) is 22.7 Å². The quantitative estimate of drug-likeness (QED) is 0.630. The standard InChI is InChI=1S/C17H11N3O/c1-4-8-15-11(5-1)9-12-16-19-13-6-2-3-7-14(13)20(16)10-18-17(12)21-15/h1-9H,10H2. The molecule has 0 spiro atoms. The van der Waals surface area contributed by atoms with Gasteiger partial charge in [-0.25, -0.2) is 9.98 Å². The molecule has 21 heavy (non-hydrogen) atoms. The lowest BCUT2D eigenvalue weighted by molar-refractivity contribution is 0.535. The van der Waals surface area contributed by atoms with Gasteiger partial charge in [0, 0.05) is 5.56 Å². The van der Waals surface area contributed by atoms with E-state index in [0.29, 0.717) is 12.6 Å². The molecule has 2 aromatic carbocycles. The fourth-order valence-electron chi connectivity index (χ4n) is 2.91. The summed E-state index contributed by atoms with van der Waals surface area (Å²) in [6, 6.07) is 16.1. The molecule has 0 saturated carbocycles. The number of hydrogen-bond acceptors (Lipinski definition) is 3. The van der Waals surface area contributed by atoms with Crippen LogP contribution < -0.4 is 4.74 Å². The van der Waals surface area contributed by atoms with E-state index in [-0.39, 0.29) is 0 Å². The van der Waals surface area contributed by atoms with Crippen LogP contribution in [0.5, 0.6) is 5.75 Å². The van der Waals surface area contributed by atoms with Gasteiger partial charge in [-0.3, -0.25) is 0 Å². The number of nitrogens with zero attached hydrogens (tertiary/aromatic N) is 3. The summed E-state index contributed by atoms with van der Waals surface area (Å²) in [5.41, 5.74) is 4.11. The summed E-state index contributed by atoms with van der Waals surface area (Å²) in [6.45, 7) is 0.546. The van der Waals surface area contributed by atoms with Crippen LogP contribution in [0.15, 0.2) is 53.5 Å². The number of aliphatic imine (C=N–C) groups is 1. The van der Waals surface area contributed by atoms with E-state index in [1.165, 1.54) is 0 Å². The van der Waals surface area contributed by atoms with Crippen molar-refractivity contribution in [3.8, 4) is 5.75 Å². The number of imidazole rings is 1. The van der Waals surface area contributed by atoms with Gasteiger partial charge in [-0.05, 0) is 24.3 Å². The Balaban J connectivity index is 1.80. The Kier molecular flexibility index (Phi) is 1.98. The summed E-state index contributed by atoms with van der Waals surface area (Å²) in [6.07, 6.45) is 2.11. The largest absolute Gasteiger partial charge is 0.438 e. The minimum absolute atomic E-state index is 0.546. The highest BCUT2D eigenvalue weighted by molar-refractivity contribution is 6.26. The third-order valence-electron chi connectivity index (χ3n) is 3.91. The average Bonchev–Trinajstić information content (AvgIpc) is 2.92. The first-order valence-electron chi connectivity index (χ1n) is 6.89. The molecule has 2 aliphatic rings. The molecule has 0 amide bonds. The van der Waals surface area contributed by atoms with Gasteiger partial charge in [0.05, 0.1) is 16.6 Å². The number of rotatable bonds is 0. The fraction of sp³-hybridized carbons (Fsp3) is 0.0588. The van der Waals surface area contributed by atoms with Crippen LogP contribution in [0.1, 0.15) is 11.4 Å². The third-order valence-corrected chi connectivity index (χ3v) is 3.91. The predicted octanol–water partition coefficient (Wildman–Crippen LogP) is 3.34. The molecule has 0 saturated heterocycles. The van der Waals surface area contributed by atoms with Crippen molar-refractivity contribution in [1.82, 2.24) is 9.55 Å². The minimum atomic E-state index is 0.546. The van der Waals surface area contributed by atoms with Crippen LogP contribution in [0.2, 0.25) is 0 Å². The summed E-state index contributed by atoms with van der Waals surface area (Å²) >= 11 is 0.